The number of nitrogen functional groups attached to an aromatic ring is 1. The largest absolute Gasteiger partial charge is 0.396 e. The van der Waals surface area contributed by atoms with Gasteiger partial charge in [-0.1, -0.05) is 0 Å². The highest BCUT2D eigenvalue weighted by atomic mass is 32.2. The number of hydrogen-bond acceptors (Lipinski definition) is 4. The van der Waals surface area contributed by atoms with E-state index in [1.807, 2.05) is 16.8 Å². The van der Waals surface area contributed by atoms with Crippen molar-refractivity contribution in [3.63, 3.8) is 0 Å². The van der Waals surface area contributed by atoms with Gasteiger partial charge in [-0.3, -0.25) is 0 Å². The van der Waals surface area contributed by atoms with Crippen LogP contribution in [0, 0.1) is 5.82 Å². The predicted molar refractivity (Wildman–Crippen MR) is 80.9 cm³/mol. The third kappa shape index (κ3) is 2.95. The lowest BCUT2D eigenvalue weighted by molar-refractivity contribution is 0.399. The van der Waals surface area contributed by atoms with Crippen LogP contribution in [0.3, 0.4) is 0 Å². The fraction of sp³-hybridized carbons (Fsp3) is 0.286. The maximum Gasteiger partial charge on any atom is 0.243 e. The molecule has 3 rings (SSSR count). The summed E-state index contributed by atoms with van der Waals surface area (Å²) in [6.07, 6.45) is 1.70. The number of halogens is 1. The van der Waals surface area contributed by atoms with Crippen LogP contribution in [0.25, 0.3) is 0 Å². The lowest BCUT2D eigenvalue weighted by atomic mass is 10.3. The number of thiophene rings is 1. The highest BCUT2D eigenvalue weighted by Gasteiger charge is 2.38. The molecule has 0 spiro atoms. The third-order valence-corrected chi connectivity index (χ3v) is 6.08. The number of benzene rings is 1. The number of hydrogen-bond donors (Lipinski definition) is 1. The Bertz CT molecular complexity index is 740. The first-order valence-corrected chi connectivity index (χ1v) is 8.95. The summed E-state index contributed by atoms with van der Waals surface area (Å²) in [6, 6.07) is 5.55. The summed E-state index contributed by atoms with van der Waals surface area (Å²) < 4.78 is 40.5. The second-order valence-corrected chi connectivity index (χ2v) is 7.77. The van der Waals surface area contributed by atoms with Crippen molar-refractivity contribution in [2.45, 2.75) is 30.3 Å². The van der Waals surface area contributed by atoms with Crippen LogP contribution in [0.2, 0.25) is 0 Å². The average Bonchev–Trinajstić information content (AvgIpc) is 3.15. The van der Waals surface area contributed by atoms with Crippen molar-refractivity contribution in [2.24, 2.45) is 0 Å². The molecule has 0 saturated heterocycles. The van der Waals surface area contributed by atoms with E-state index < -0.39 is 15.8 Å². The van der Waals surface area contributed by atoms with Crippen molar-refractivity contribution in [3.8, 4) is 0 Å². The van der Waals surface area contributed by atoms with Crippen LogP contribution in [0.5, 0.6) is 0 Å². The molecular formula is C14H15FN2O2S2. The van der Waals surface area contributed by atoms with Crippen LogP contribution < -0.4 is 5.73 Å². The molecular weight excluding hydrogens is 311 g/mol. The van der Waals surface area contributed by atoms with E-state index in [-0.39, 0.29) is 16.6 Å². The van der Waals surface area contributed by atoms with E-state index in [9.17, 15) is 12.8 Å². The van der Waals surface area contributed by atoms with Crippen molar-refractivity contribution in [3.05, 3.63) is 46.4 Å². The highest BCUT2D eigenvalue weighted by molar-refractivity contribution is 7.89. The monoisotopic (exact) mass is 326 g/mol. The first-order chi connectivity index (χ1) is 9.98. The minimum atomic E-state index is -3.71. The van der Waals surface area contributed by atoms with Crippen LogP contribution >= 0.6 is 11.3 Å². The van der Waals surface area contributed by atoms with Crippen LogP contribution in [0.15, 0.2) is 39.9 Å². The topological polar surface area (TPSA) is 63.4 Å². The molecule has 2 aromatic rings. The van der Waals surface area contributed by atoms with Crippen molar-refractivity contribution >= 4 is 27.0 Å². The van der Waals surface area contributed by atoms with Crippen molar-refractivity contribution < 1.29 is 12.8 Å². The van der Waals surface area contributed by atoms with Gasteiger partial charge in [-0.15, -0.1) is 0 Å². The van der Waals surface area contributed by atoms with Crippen LogP contribution in [0.4, 0.5) is 10.1 Å². The van der Waals surface area contributed by atoms with Crippen LogP contribution in [0.1, 0.15) is 18.4 Å². The Morgan fingerprint density at radius 1 is 1.33 bits per heavy atom. The van der Waals surface area contributed by atoms with Gasteiger partial charge < -0.3 is 5.73 Å². The smallest absolute Gasteiger partial charge is 0.243 e. The summed E-state index contributed by atoms with van der Waals surface area (Å²) in [5.74, 6) is -0.706. The molecule has 0 aliphatic heterocycles. The molecule has 1 fully saturated rings. The molecule has 2 N–H and O–H groups in total. The normalized spacial score (nSPS) is 15.5. The molecule has 1 saturated carbocycles. The molecule has 7 heteroatoms. The van der Waals surface area contributed by atoms with E-state index in [0.29, 0.717) is 6.54 Å². The van der Waals surface area contributed by atoms with Gasteiger partial charge in [0.15, 0.2) is 0 Å². The fourth-order valence-corrected chi connectivity index (χ4v) is 4.48. The zero-order valence-corrected chi connectivity index (χ0v) is 12.8. The Labute approximate surface area is 127 Å². The Morgan fingerprint density at radius 3 is 2.67 bits per heavy atom. The first-order valence-electron chi connectivity index (χ1n) is 6.56. The van der Waals surface area contributed by atoms with Crippen molar-refractivity contribution in [1.29, 1.82) is 0 Å². The molecule has 0 atom stereocenters. The minimum Gasteiger partial charge on any atom is -0.396 e. The van der Waals surface area contributed by atoms with E-state index in [4.69, 9.17) is 5.73 Å². The van der Waals surface area contributed by atoms with Gasteiger partial charge in [-0.25, -0.2) is 12.8 Å². The Balaban J connectivity index is 1.95. The van der Waals surface area contributed by atoms with Crippen LogP contribution in [-0.4, -0.2) is 18.8 Å². The quantitative estimate of drug-likeness (QED) is 0.859. The molecule has 4 nitrogen and oxygen atoms in total. The molecule has 1 aromatic heterocycles. The number of sulfonamides is 1. The Morgan fingerprint density at radius 2 is 2.10 bits per heavy atom. The van der Waals surface area contributed by atoms with Crippen molar-refractivity contribution in [2.75, 3.05) is 5.73 Å². The second-order valence-electron chi connectivity index (χ2n) is 5.10. The van der Waals surface area contributed by atoms with Gasteiger partial charge in [-0.2, -0.15) is 15.6 Å². The van der Waals surface area contributed by atoms with Crippen molar-refractivity contribution in [1.82, 2.24) is 4.31 Å². The molecule has 112 valence electrons. The predicted octanol–water partition coefficient (Wildman–Crippen LogP) is 2.82. The molecule has 1 aliphatic carbocycles. The summed E-state index contributed by atoms with van der Waals surface area (Å²) in [6.45, 7) is 0.322. The van der Waals surface area contributed by atoms with E-state index in [0.717, 1.165) is 24.5 Å². The molecule has 0 radical (unpaired) electrons. The zero-order chi connectivity index (χ0) is 15.0. The number of nitrogens with two attached hydrogens (primary N) is 1. The fourth-order valence-electron chi connectivity index (χ4n) is 2.14. The Kier molecular flexibility index (Phi) is 3.73. The summed E-state index contributed by atoms with van der Waals surface area (Å²) in [4.78, 5) is -0.0451. The Hall–Kier alpha value is -1.44. The molecule has 0 unspecified atom stereocenters. The van der Waals surface area contributed by atoms with Gasteiger partial charge in [0.2, 0.25) is 10.0 Å². The van der Waals surface area contributed by atoms with Gasteiger partial charge in [0.05, 0.1) is 10.6 Å². The van der Waals surface area contributed by atoms with Gasteiger partial charge in [0, 0.05) is 12.6 Å². The third-order valence-electron chi connectivity index (χ3n) is 3.45. The van der Waals surface area contributed by atoms with E-state index in [2.05, 4.69) is 0 Å². The maximum absolute atomic E-state index is 13.6. The van der Waals surface area contributed by atoms with Gasteiger partial charge >= 0.3 is 0 Å². The number of nitrogens with zero attached hydrogens (tertiary/aromatic N) is 1. The number of rotatable bonds is 5. The summed E-state index contributed by atoms with van der Waals surface area (Å²) in [7, 11) is -3.71. The molecule has 21 heavy (non-hydrogen) atoms. The highest BCUT2D eigenvalue weighted by Crippen LogP contribution is 2.34. The minimum absolute atomic E-state index is 0.00974. The van der Waals surface area contributed by atoms with E-state index in [1.54, 1.807) is 0 Å². The first kappa shape index (κ1) is 14.5. The molecule has 1 heterocycles. The maximum atomic E-state index is 13.6. The van der Waals surface area contributed by atoms with Gasteiger partial charge in [0.1, 0.15) is 5.82 Å². The summed E-state index contributed by atoms with van der Waals surface area (Å²) >= 11 is 1.53. The molecule has 0 bridgehead atoms. The van der Waals surface area contributed by atoms with E-state index >= 15 is 0 Å². The van der Waals surface area contributed by atoms with Gasteiger partial charge in [-0.05, 0) is 53.4 Å². The zero-order valence-electron chi connectivity index (χ0n) is 11.2. The van der Waals surface area contributed by atoms with Gasteiger partial charge in [0.25, 0.3) is 0 Å². The lowest BCUT2D eigenvalue weighted by Gasteiger charge is -2.21. The SMILES string of the molecule is Nc1ccc(S(=O)(=O)N(Cc2ccsc2)C2CC2)cc1F. The molecule has 0 amide bonds. The second kappa shape index (κ2) is 5.40. The van der Waals surface area contributed by atoms with Crippen LogP contribution in [-0.2, 0) is 16.6 Å². The molecule has 1 aliphatic rings. The standard InChI is InChI=1S/C14H15FN2O2S2/c15-13-7-12(3-4-14(13)16)21(18,19)17(11-1-2-11)8-10-5-6-20-9-10/h3-7,9,11H,1-2,8,16H2. The number of anilines is 1. The summed E-state index contributed by atoms with van der Waals surface area (Å²) in [5.41, 5.74) is 6.31. The lowest BCUT2D eigenvalue weighted by Crippen LogP contribution is -2.32. The average molecular weight is 326 g/mol. The van der Waals surface area contributed by atoms with E-state index in [1.165, 1.54) is 27.8 Å². The summed E-state index contributed by atoms with van der Waals surface area (Å²) in [5, 5.41) is 3.84. The molecule has 1 aromatic carbocycles.